The van der Waals surface area contributed by atoms with Crippen LogP contribution >= 0.6 is 23.2 Å². The van der Waals surface area contributed by atoms with Crippen molar-refractivity contribution in [3.63, 3.8) is 0 Å². The molecular weight excluding hydrogens is 330 g/mol. The first-order valence-corrected chi connectivity index (χ1v) is 7.03. The number of primary sulfonamides is 1. The maximum atomic E-state index is 11.9. The number of nitrogens with two attached hydrogens (primary N) is 1. The Bertz CT molecular complexity index is 575. The number of sulfonamides is 1. The summed E-state index contributed by atoms with van der Waals surface area (Å²) >= 11 is 11.4. The standard InChI is InChI=1S/C9H8Cl2F3NO3S/c10-7-5(18-4-3-9(12,13)14)1-2-6(8(7)11)19(15,16)17/h1-2H,3-4H2,(H2,15,16,17). The molecule has 0 amide bonds. The van der Waals surface area contributed by atoms with Gasteiger partial charge in [-0.3, -0.25) is 0 Å². The maximum Gasteiger partial charge on any atom is 0.392 e. The fourth-order valence-corrected chi connectivity index (χ4v) is 2.49. The minimum absolute atomic E-state index is 0.150. The lowest BCUT2D eigenvalue weighted by Crippen LogP contribution is -2.14. The van der Waals surface area contributed by atoms with Crippen LogP contribution in [0.25, 0.3) is 0 Å². The van der Waals surface area contributed by atoms with Crippen LogP contribution in [-0.2, 0) is 10.0 Å². The Kier molecular flexibility index (Phi) is 4.94. The van der Waals surface area contributed by atoms with Crippen LogP contribution < -0.4 is 9.88 Å². The number of hydrogen-bond donors (Lipinski definition) is 1. The summed E-state index contributed by atoms with van der Waals surface area (Å²) in [5.74, 6) is -0.150. The van der Waals surface area contributed by atoms with Gasteiger partial charge in [-0.2, -0.15) is 13.2 Å². The van der Waals surface area contributed by atoms with Crippen LogP contribution in [0.2, 0.25) is 10.0 Å². The highest BCUT2D eigenvalue weighted by molar-refractivity contribution is 7.89. The fourth-order valence-electron chi connectivity index (χ4n) is 1.12. The number of benzene rings is 1. The van der Waals surface area contributed by atoms with E-state index in [1.165, 1.54) is 0 Å². The molecule has 0 atom stereocenters. The molecule has 1 aromatic carbocycles. The van der Waals surface area contributed by atoms with Gasteiger partial charge < -0.3 is 4.74 Å². The molecule has 1 aromatic rings. The zero-order chi connectivity index (χ0) is 14.8. The SMILES string of the molecule is NS(=O)(=O)c1ccc(OCCC(F)(F)F)c(Cl)c1Cl. The molecule has 0 saturated carbocycles. The summed E-state index contributed by atoms with van der Waals surface area (Å²) in [6, 6.07) is 2.09. The first kappa shape index (κ1) is 16.4. The summed E-state index contributed by atoms with van der Waals surface area (Å²) in [6.07, 6.45) is -5.53. The highest BCUT2D eigenvalue weighted by atomic mass is 35.5. The smallest absolute Gasteiger partial charge is 0.392 e. The van der Waals surface area contributed by atoms with Crippen LogP contribution in [0.1, 0.15) is 6.42 Å². The topological polar surface area (TPSA) is 69.4 Å². The van der Waals surface area contributed by atoms with Crippen molar-refractivity contribution in [2.24, 2.45) is 5.14 Å². The molecule has 1 rings (SSSR count). The summed E-state index contributed by atoms with van der Waals surface area (Å²) < 4.78 is 62.8. The monoisotopic (exact) mass is 337 g/mol. The van der Waals surface area contributed by atoms with Crippen LogP contribution in [0.15, 0.2) is 17.0 Å². The second kappa shape index (κ2) is 5.74. The van der Waals surface area contributed by atoms with E-state index in [-0.39, 0.29) is 10.8 Å². The van der Waals surface area contributed by atoms with Crippen molar-refractivity contribution < 1.29 is 26.3 Å². The van der Waals surface area contributed by atoms with Gasteiger partial charge in [-0.15, -0.1) is 0 Å². The number of halogens is 5. The van der Waals surface area contributed by atoms with E-state index in [0.29, 0.717) is 0 Å². The van der Waals surface area contributed by atoms with Gasteiger partial charge in [0, 0.05) is 0 Å². The van der Waals surface area contributed by atoms with Crippen molar-refractivity contribution in [1.29, 1.82) is 0 Å². The molecular formula is C9H8Cl2F3NO3S. The third-order valence-corrected chi connectivity index (χ3v) is 3.89. The Labute approximate surface area is 117 Å². The van der Waals surface area contributed by atoms with Gasteiger partial charge in [-0.05, 0) is 12.1 Å². The first-order valence-electron chi connectivity index (χ1n) is 4.73. The van der Waals surface area contributed by atoms with Crippen LogP contribution in [-0.4, -0.2) is 21.2 Å². The lowest BCUT2D eigenvalue weighted by atomic mass is 10.3. The van der Waals surface area contributed by atoms with Crippen molar-refractivity contribution in [2.45, 2.75) is 17.5 Å². The maximum absolute atomic E-state index is 11.9. The predicted molar refractivity (Wildman–Crippen MR) is 64.0 cm³/mol. The Balaban J connectivity index is 2.92. The molecule has 0 aliphatic carbocycles. The minimum Gasteiger partial charge on any atom is -0.492 e. The van der Waals surface area contributed by atoms with Crippen molar-refractivity contribution in [3.8, 4) is 5.75 Å². The van der Waals surface area contributed by atoms with E-state index in [9.17, 15) is 21.6 Å². The summed E-state index contributed by atoms with van der Waals surface area (Å²) in [7, 11) is -4.07. The van der Waals surface area contributed by atoms with Crippen molar-refractivity contribution in [3.05, 3.63) is 22.2 Å². The summed E-state index contributed by atoms with van der Waals surface area (Å²) in [6.45, 7) is -0.658. The number of alkyl halides is 3. The molecule has 0 radical (unpaired) electrons. The molecule has 4 nitrogen and oxygen atoms in total. The molecule has 108 valence electrons. The molecule has 0 fully saturated rings. The minimum atomic E-state index is -4.36. The van der Waals surface area contributed by atoms with Gasteiger partial charge in [0.2, 0.25) is 10.0 Å². The Morgan fingerprint density at radius 3 is 2.26 bits per heavy atom. The largest absolute Gasteiger partial charge is 0.492 e. The second-order valence-electron chi connectivity index (χ2n) is 3.45. The summed E-state index contributed by atoms with van der Waals surface area (Å²) in [5, 5.41) is 4.17. The molecule has 19 heavy (non-hydrogen) atoms. The lowest BCUT2D eigenvalue weighted by molar-refractivity contribution is -0.139. The number of rotatable bonds is 4. The van der Waals surface area contributed by atoms with Crippen molar-refractivity contribution in [1.82, 2.24) is 0 Å². The zero-order valence-corrected chi connectivity index (χ0v) is 11.5. The Hall–Kier alpha value is -0.700. The van der Waals surface area contributed by atoms with Crippen LogP contribution in [0.3, 0.4) is 0 Å². The number of ether oxygens (including phenoxy) is 1. The highest BCUT2D eigenvalue weighted by Gasteiger charge is 2.27. The fraction of sp³-hybridized carbons (Fsp3) is 0.333. The zero-order valence-electron chi connectivity index (χ0n) is 9.17. The molecule has 0 saturated heterocycles. The van der Waals surface area contributed by atoms with Crippen molar-refractivity contribution >= 4 is 33.2 Å². The first-order chi connectivity index (χ1) is 8.52. The molecule has 0 aromatic heterocycles. The molecule has 0 heterocycles. The second-order valence-corrected chi connectivity index (χ2v) is 5.73. The van der Waals surface area contributed by atoms with Gasteiger partial charge in [0.25, 0.3) is 0 Å². The average molecular weight is 338 g/mol. The van der Waals surface area contributed by atoms with Gasteiger partial charge in [-0.25, -0.2) is 13.6 Å². The van der Waals surface area contributed by atoms with Crippen LogP contribution in [0, 0.1) is 0 Å². The van der Waals surface area contributed by atoms with E-state index >= 15 is 0 Å². The lowest BCUT2D eigenvalue weighted by Gasteiger charge is -2.12. The van der Waals surface area contributed by atoms with E-state index in [4.69, 9.17) is 33.1 Å². The molecule has 0 aliphatic rings. The van der Waals surface area contributed by atoms with E-state index in [2.05, 4.69) is 0 Å². The van der Waals surface area contributed by atoms with E-state index in [0.717, 1.165) is 12.1 Å². The molecule has 10 heteroatoms. The quantitative estimate of drug-likeness (QED) is 0.918. The molecule has 0 bridgehead atoms. The molecule has 0 unspecified atom stereocenters. The Morgan fingerprint density at radius 1 is 1.21 bits per heavy atom. The van der Waals surface area contributed by atoms with Crippen LogP contribution in [0.5, 0.6) is 5.75 Å². The third-order valence-electron chi connectivity index (χ3n) is 1.96. The average Bonchev–Trinajstić information content (AvgIpc) is 2.20. The number of hydrogen-bond acceptors (Lipinski definition) is 3. The summed E-state index contributed by atoms with van der Waals surface area (Å²) in [5.41, 5.74) is 0. The van der Waals surface area contributed by atoms with Gasteiger partial charge in [0.1, 0.15) is 15.7 Å². The Morgan fingerprint density at radius 2 is 1.79 bits per heavy atom. The van der Waals surface area contributed by atoms with Crippen molar-refractivity contribution in [2.75, 3.05) is 6.61 Å². The molecule has 2 N–H and O–H groups in total. The third kappa shape index (κ3) is 4.72. The summed E-state index contributed by atoms with van der Waals surface area (Å²) in [4.78, 5) is -0.428. The van der Waals surface area contributed by atoms with E-state index < -0.39 is 39.1 Å². The van der Waals surface area contributed by atoms with E-state index in [1.807, 2.05) is 0 Å². The highest BCUT2D eigenvalue weighted by Crippen LogP contribution is 2.36. The predicted octanol–water partition coefficient (Wildman–Crippen LogP) is 2.97. The van der Waals surface area contributed by atoms with Gasteiger partial charge in [0.15, 0.2) is 0 Å². The van der Waals surface area contributed by atoms with Gasteiger partial charge in [0.05, 0.1) is 18.1 Å². The van der Waals surface area contributed by atoms with Crippen LogP contribution in [0.4, 0.5) is 13.2 Å². The van der Waals surface area contributed by atoms with E-state index in [1.54, 1.807) is 0 Å². The molecule has 0 aliphatic heterocycles. The molecule has 0 spiro atoms. The van der Waals surface area contributed by atoms with Gasteiger partial charge in [-0.1, -0.05) is 23.2 Å². The normalized spacial score (nSPS) is 12.5. The van der Waals surface area contributed by atoms with Gasteiger partial charge >= 0.3 is 6.18 Å².